The molecule has 1 aliphatic rings. The van der Waals surface area contributed by atoms with Crippen LogP contribution in [0.25, 0.3) is 0 Å². The van der Waals surface area contributed by atoms with Crippen LogP contribution < -0.4 is 9.47 Å². The molecule has 1 aliphatic heterocycles. The Kier molecular flexibility index (Phi) is 5.59. The van der Waals surface area contributed by atoms with Crippen LogP contribution in [0.2, 0.25) is 0 Å². The summed E-state index contributed by atoms with van der Waals surface area (Å²) >= 11 is 0. The van der Waals surface area contributed by atoms with Gasteiger partial charge in [0, 0.05) is 18.2 Å². The lowest BCUT2D eigenvalue weighted by Crippen LogP contribution is -2.36. The van der Waals surface area contributed by atoms with Crippen molar-refractivity contribution in [2.45, 2.75) is 32.2 Å². The highest BCUT2D eigenvalue weighted by molar-refractivity contribution is 5.95. The van der Waals surface area contributed by atoms with Crippen LogP contribution in [-0.2, 0) is 6.42 Å². The van der Waals surface area contributed by atoms with E-state index in [4.69, 9.17) is 9.47 Å². The summed E-state index contributed by atoms with van der Waals surface area (Å²) in [5, 5.41) is 0. The van der Waals surface area contributed by atoms with Gasteiger partial charge in [-0.1, -0.05) is 30.3 Å². The number of benzene rings is 2. The molecule has 0 bridgehead atoms. The third-order valence-corrected chi connectivity index (χ3v) is 4.66. The van der Waals surface area contributed by atoms with Crippen LogP contribution in [0.4, 0.5) is 0 Å². The van der Waals surface area contributed by atoms with Gasteiger partial charge in [-0.2, -0.15) is 0 Å². The molecule has 1 atom stereocenters. The molecular weight excluding hydrogens is 314 g/mol. The fourth-order valence-electron chi connectivity index (χ4n) is 3.45. The number of nitrogens with zero attached hydrogens (tertiary/aromatic N) is 1. The first-order chi connectivity index (χ1) is 12.2. The largest absolute Gasteiger partial charge is 0.493 e. The molecule has 3 rings (SSSR count). The molecule has 1 amide bonds. The lowest BCUT2D eigenvalue weighted by Gasteiger charge is -2.25. The van der Waals surface area contributed by atoms with Gasteiger partial charge in [-0.15, -0.1) is 0 Å². The molecule has 0 aliphatic carbocycles. The first-order valence-corrected chi connectivity index (χ1v) is 8.88. The maximum atomic E-state index is 13.0. The van der Waals surface area contributed by atoms with E-state index in [9.17, 15) is 4.79 Å². The SMILES string of the molecule is CCOc1cc(C(=O)N2CCCC2Cc2ccccc2)ccc1OC. The second-order valence-corrected chi connectivity index (χ2v) is 6.28. The van der Waals surface area contributed by atoms with Crippen molar-refractivity contribution in [3.8, 4) is 11.5 Å². The molecule has 1 unspecified atom stereocenters. The average molecular weight is 339 g/mol. The van der Waals surface area contributed by atoms with E-state index in [0.717, 1.165) is 25.8 Å². The fourth-order valence-corrected chi connectivity index (χ4v) is 3.45. The smallest absolute Gasteiger partial charge is 0.254 e. The number of rotatable bonds is 6. The van der Waals surface area contributed by atoms with E-state index in [2.05, 4.69) is 12.1 Å². The highest BCUT2D eigenvalue weighted by Gasteiger charge is 2.29. The van der Waals surface area contributed by atoms with Gasteiger partial charge in [0.05, 0.1) is 13.7 Å². The first kappa shape index (κ1) is 17.3. The number of carbonyl (C=O) groups is 1. The molecule has 0 aromatic heterocycles. The van der Waals surface area contributed by atoms with Crippen molar-refractivity contribution in [3.05, 3.63) is 59.7 Å². The Morgan fingerprint density at radius 3 is 2.68 bits per heavy atom. The minimum atomic E-state index is 0.0713. The third-order valence-electron chi connectivity index (χ3n) is 4.66. The summed E-state index contributed by atoms with van der Waals surface area (Å²) in [7, 11) is 1.61. The molecule has 25 heavy (non-hydrogen) atoms. The van der Waals surface area contributed by atoms with Crippen molar-refractivity contribution in [2.75, 3.05) is 20.3 Å². The summed E-state index contributed by atoms with van der Waals surface area (Å²) < 4.78 is 10.9. The normalized spacial score (nSPS) is 16.7. The second kappa shape index (κ2) is 8.06. The summed E-state index contributed by atoms with van der Waals surface area (Å²) in [6.45, 7) is 3.27. The Morgan fingerprint density at radius 1 is 1.16 bits per heavy atom. The molecule has 4 nitrogen and oxygen atoms in total. The number of hydrogen-bond acceptors (Lipinski definition) is 3. The number of likely N-dealkylation sites (tertiary alicyclic amines) is 1. The zero-order chi connectivity index (χ0) is 17.6. The lowest BCUT2D eigenvalue weighted by atomic mass is 10.0. The quantitative estimate of drug-likeness (QED) is 0.800. The van der Waals surface area contributed by atoms with Gasteiger partial charge >= 0.3 is 0 Å². The van der Waals surface area contributed by atoms with Crippen LogP contribution in [0.1, 0.15) is 35.7 Å². The number of hydrogen-bond donors (Lipinski definition) is 0. The van der Waals surface area contributed by atoms with E-state index in [1.54, 1.807) is 19.2 Å². The summed E-state index contributed by atoms with van der Waals surface area (Å²) in [5.74, 6) is 1.34. The zero-order valence-electron chi connectivity index (χ0n) is 14.9. The van der Waals surface area contributed by atoms with Gasteiger partial charge in [0.1, 0.15) is 0 Å². The third kappa shape index (κ3) is 3.95. The van der Waals surface area contributed by atoms with Gasteiger partial charge in [-0.3, -0.25) is 4.79 Å². The van der Waals surface area contributed by atoms with E-state index in [0.29, 0.717) is 23.7 Å². The van der Waals surface area contributed by atoms with Crippen molar-refractivity contribution in [2.24, 2.45) is 0 Å². The van der Waals surface area contributed by atoms with E-state index >= 15 is 0 Å². The molecule has 132 valence electrons. The Labute approximate surface area is 149 Å². The minimum Gasteiger partial charge on any atom is -0.493 e. The fraction of sp³-hybridized carbons (Fsp3) is 0.381. The van der Waals surface area contributed by atoms with E-state index in [1.165, 1.54) is 5.56 Å². The van der Waals surface area contributed by atoms with Crippen molar-refractivity contribution < 1.29 is 14.3 Å². The number of ether oxygens (including phenoxy) is 2. The summed E-state index contributed by atoms with van der Waals surface area (Å²) in [6.07, 6.45) is 3.01. The highest BCUT2D eigenvalue weighted by Crippen LogP contribution is 2.30. The van der Waals surface area contributed by atoms with Crippen LogP contribution in [0, 0.1) is 0 Å². The molecule has 0 saturated carbocycles. The Morgan fingerprint density at radius 2 is 1.96 bits per heavy atom. The molecule has 4 heteroatoms. The zero-order valence-corrected chi connectivity index (χ0v) is 14.9. The predicted molar refractivity (Wildman–Crippen MR) is 98.4 cm³/mol. The van der Waals surface area contributed by atoms with Crippen LogP contribution in [0.5, 0.6) is 11.5 Å². The number of carbonyl (C=O) groups excluding carboxylic acids is 1. The van der Waals surface area contributed by atoms with E-state index in [-0.39, 0.29) is 11.9 Å². The molecular formula is C21H25NO3. The summed E-state index contributed by atoms with van der Waals surface area (Å²) in [6, 6.07) is 16.1. The van der Waals surface area contributed by atoms with Gasteiger partial charge in [0.25, 0.3) is 5.91 Å². The van der Waals surface area contributed by atoms with Crippen LogP contribution in [0.3, 0.4) is 0 Å². The van der Waals surface area contributed by atoms with Gasteiger partial charge in [-0.25, -0.2) is 0 Å². The molecule has 0 N–H and O–H groups in total. The van der Waals surface area contributed by atoms with Gasteiger partial charge in [0.15, 0.2) is 11.5 Å². The van der Waals surface area contributed by atoms with E-state index < -0.39 is 0 Å². The van der Waals surface area contributed by atoms with Crippen molar-refractivity contribution >= 4 is 5.91 Å². The molecule has 0 spiro atoms. The standard InChI is InChI=1S/C21H25NO3/c1-3-25-20-15-17(11-12-19(20)24-2)21(23)22-13-7-10-18(22)14-16-8-5-4-6-9-16/h4-6,8-9,11-12,15,18H,3,7,10,13-14H2,1-2H3. The molecule has 0 radical (unpaired) electrons. The second-order valence-electron chi connectivity index (χ2n) is 6.28. The van der Waals surface area contributed by atoms with Gasteiger partial charge in [-0.05, 0) is 49.9 Å². The summed E-state index contributed by atoms with van der Waals surface area (Å²) in [5.41, 5.74) is 1.93. The highest BCUT2D eigenvalue weighted by atomic mass is 16.5. The maximum absolute atomic E-state index is 13.0. The monoisotopic (exact) mass is 339 g/mol. The maximum Gasteiger partial charge on any atom is 0.254 e. The Balaban J connectivity index is 1.78. The number of methoxy groups -OCH3 is 1. The van der Waals surface area contributed by atoms with Crippen molar-refractivity contribution in [1.82, 2.24) is 4.90 Å². The van der Waals surface area contributed by atoms with Crippen LogP contribution in [-0.4, -0.2) is 37.1 Å². The lowest BCUT2D eigenvalue weighted by molar-refractivity contribution is 0.0736. The minimum absolute atomic E-state index is 0.0713. The predicted octanol–water partition coefficient (Wildman–Crippen LogP) is 3.94. The summed E-state index contributed by atoms with van der Waals surface area (Å²) in [4.78, 5) is 15.0. The van der Waals surface area contributed by atoms with Gasteiger partial charge in [0.2, 0.25) is 0 Å². The van der Waals surface area contributed by atoms with Crippen molar-refractivity contribution in [3.63, 3.8) is 0 Å². The van der Waals surface area contributed by atoms with E-state index in [1.807, 2.05) is 36.1 Å². The molecule has 1 saturated heterocycles. The Hall–Kier alpha value is -2.49. The van der Waals surface area contributed by atoms with Crippen molar-refractivity contribution in [1.29, 1.82) is 0 Å². The number of amides is 1. The van der Waals surface area contributed by atoms with Gasteiger partial charge < -0.3 is 14.4 Å². The Bertz CT molecular complexity index is 714. The topological polar surface area (TPSA) is 38.8 Å². The average Bonchev–Trinajstić information content (AvgIpc) is 3.10. The molecule has 2 aromatic carbocycles. The molecule has 1 fully saturated rings. The van der Waals surface area contributed by atoms with Crippen LogP contribution >= 0.6 is 0 Å². The molecule has 2 aromatic rings. The van der Waals surface area contributed by atoms with Crippen LogP contribution in [0.15, 0.2) is 48.5 Å². The molecule has 1 heterocycles. The first-order valence-electron chi connectivity index (χ1n) is 8.88.